The Kier molecular flexibility index (Phi) is 5.29. The Morgan fingerprint density at radius 2 is 1.55 bits per heavy atom. The molecule has 20 heavy (non-hydrogen) atoms. The summed E-state index contributed by atoms with van der Waals surface area (Å²) in [5.74, 6) is -0.315. The lowest BCUT2D eigenvalue weighted by molar-refractivity contribution is -0.135. The van der Waals surface area contributed by atoms with Gasteiger partial charge in [-0.3, -0.25) is 9.63 Å². The van der Waals surface area contributed by atoms with E-state index in [2.05, 4.69) is 5.48 Å². The lowest BCUT2D eigenvalue weighted by atomic mass is 10.1. The van der Waals surface area contributed by atoms with E-state index < -0.39 is 6.04 Å². The van der Waals surface area contributed by atoms with E-state index in [-0.39, 0.29) is 5.91 Å². The second-order valence-electron chi connectivity index (χ2n) is 4.54. The topological polar surface area (TPSA) is 64.4 Å². The second kappa shape index (κ2) is 7.43. The monoisotopic (exact) mass is 270 g/mol. The van der Waals surface area contributed by atoms with E-state index in [1.54, 1.807) is 0 Å². The quantitative estimate of drug-likeness (QED) is 0.787. The Hall–Kier alpha value is -2.17. The zero-order chi connectivity index (χ0) is 14.2. The molecule has 1 atom stereocenters. The van der Waals surface area contributed by atoms with Crippen molar-refractivity contribution in [3.05, 3.63) is 71.8 Å². The molecular weight excluding hydrogens is 252 g/mol. The third-order valence-corrected chi connectivity index (χ3v) is 2.89. The van der Waals surface area contributed by atoms with Gasteiger partial charge < -0.3 is 5.73 Å². The summed E-state index contributed by atoms with van der Waals surface area (Å²) in [7, 11) is 0. The highest BCUT2D eigenvalue weighted by atomic mass is 16.6. The SMILES string of the molecule is NC(Cc1ccccc1)C(=O)NOCc1ccccc1. The molecule has 0 heterocycles. The van der Waals surface area contributed by atoms with Gasteiger partial charge in [-0.2, -0.15) is 0 Å². The molecule has 1 unspecified atom stereocenters. The van der Waals surface area contributed by atoms with Gasteiger partial charge in [0.25, 0.3) is 5.91 Å². The molecule has 0 aliphatic heterocycles. The summed E-state index contributed by atoms with van der Waals surface area (Å²) < 4.78 is 0. The third kappa shape index (κ3) is 4.50. The molecule has 104 valence electrons. The van der Waals surface area contributed by atoms with Crippen molar-refractivity contribution in [2.75, 3.05) is 0 Å². The van der Waals surface area contributed by atoms with Crippen molar-refractivity contribution in [2.24, 2.45) is 5.73 Å². The summed E-state index contributed by atoms with van der Waals surface area (Å²) in [6.07, 6.45) is 0.487. The lowest BCUT2D eigenvalue weighted by Gasteiger charge is -2.12. The fourth-order valence-electron chi connectivity index (χ4n) is 1.80. The number of rotatable bonds is 6. The first-order valence-corrected chi connectivity index (χ1v) is 6.51. The zero-order valence-corrected chi connectivity index (χ0v) is 11.2. The van der Waals surface area contributed by atoms with Gasteiger partial charge in [-0.25, -0.2) is 5.48 Å². The van der Waals surface area contributed by atoms with Gasteiger partial charge in [0.1, 0.15) is 0 Å². The summed E-state index contributed by atoms with van der Waals surface area (Å²) in [5.41, 5.74) is 10.2. The van der Waals surface area contributed by atoms with Crippen LogP contribution in [0.1, 0.15) is 11.1 Å². The van der Waals surface area contributed by atoms with Gasteiger partial charge in [-0.05, 0) is 17.5 Å². The summed E-state index contributed by atoms with van der Waals surface area (Å²) in [5, 5.41) is 0. The van der Waals surface area contributed by atoms with Crippen LogP contribution in [0.2, 0.25) is 0 Å². The first-order chi connectivity index (χ1) is 9.75. The predicted molar refractivity (Wildman–Crippen MR) is 77.5 cm³/mol. The molecule has 0 spiro atoms. The van der Waals surface area contributed by atoms with Crippen LogP contribution in [0.25, 0.3) is 0 Å². The number of nitrogens with two attached hydrogens (primary N) is 1. The Balaban J connectivity index is 1.74. The van der Waals surface area contributed by atoms with E-state index in [0.717, 1.165) is 11.1 Å². The molecule has 0 aliphatic carbocycles. The second-order valence-corrected chi connectivity index (χ2v) is 4.54. The van der Waals surface area contributed by atoms with E-state index >= 15 is 0 Å². The number of hydroxylamine groups is 1. The van der Waals surface area contributed by atoms with Crippen LogP contribution in [-0.4, -0.2) is 11.9 Å². The molecule has 2 aromatic carbocycles. The smallest absolute Gasteiger partial charge is 0.260 e. The number of amides is 1. The number of hydrogen-bond donors (Lipinski definition) is 2. The average Bonchev–Trinajstić information content (AvgIpc) is 2.49. The number of benzene rings is 2. The average molecular weight is 270 g/mol. The van der Waals surface area contributed by atoms with Crippen molar-refractivity contribution in [3.63, 3.8) is 0 Å². The fourth-order valence-corrected chi connectivity index (χ4v) is 1.80. The summed E-state index contributed by atoms with van der Waals surface area (Å²) in [4.78, 5) is 16.9. The van der Waals surface area contributed by atoms with Crippen LogP contribution in [0.5, 0.6) is 0 Å². The van der Waals surface area contributed by atoms with Gasteiger partial charge in [0.05, 0.1) is 12.6 Å². The Morgan fingerprint density at radius 1 is 1.00 bits per heavy atom. The normalized spacial score (nSPS) is 11.8. The van der Waals surface area contributed by atoms with Crippen molar-refractivity contribution in [2.45, 2.75) is 19.1 Å². The first kappa shape index (κ1) is 14.2. The molecule has 4 heteroatoms. The molecule has 2 aromatic rings. The molecule has 0 fully saturated rings. The molecule has 1 amide bonds. The minimum Gasteiger partial charge on any atom is -0.320 e. The largest absolute Gasteiger partial charge is 0.320 e. The molecule has 0 bridgehead atoms. The molecule has 0 saturated carbocycles. The molecule has 0 saturated heterocycles. The van der Waals surface area contributed by atoms with Crippen LogP contribution in [0, 0.1) is 0 Å². The number of carbonyl (C=O) groups is 1. The van der Waals surface area contributed by atoms with Gasteiger partial charge in [0, 0.05) is 0 Å². The van der Waals surface area contributed by atoms with Crippen LogP contribution in [0.4, 0.5) is 0 Å². The molecule has 0 aliphatic rings. The molecule has 4 nitrogen and oxygen atoms in total. The van der Waals surface area contributed by atoms with E-state index in [9.17, 15) is 4.79 Å². The molecular formula is C16H18N2O2. The summed E-state index contributed by atoms with van der Waals surface area (Å²) >= 11 is 0. The minimum absolute atomic E-state index is 0.315. The van der Waals surface area contributed by atoms with Crippen molar-refractivity contribution in [3.8, 4) is 0 Å². The first-order valence-electron chi connectivity index (χ1n) is 6.51. The van der Waals surface area contributed by atoms with Crippen molar-refractivity contribution in [1.29, 1.82) is 0 Å². The standard InChI is InChI=1S/C16H18N2O2/c17-15(11-13-7-3-1-4-8-13)16(19)18-20-12-14-9-5-2-6-10-14/h1-10,15H,11-12,17H2,(H,18,19). The Bertz CT molecular complexity index is 529. The van der Waals surface area contributed by atoms with Crippen LogP contribution in [-0.2, 0) is 22.7 Å². The van der Waals surface area contributed by atoms with Crippen LogP contribution < -0.4 is 11.2 Å². The Labute approximate surface area is 118 Å². The highest BCUT2D eigenvalue weighted by molar-refractivity contribution is 5.80. The van der Waals surface area contributed by atoms with Gasteiger partial charge in [0.15, 0.2) is 0 Å². The van der Waals surface area contributed by atoms with Crippen molar-refractivity contribution >= 4 is 5.91 Å². The minimum atomic E-state index is -0.617. The predicted octanol–water partition coefficient (Wildman–Crippen LogP) is 1.80. The van der Waals surface area contributed by atoms with E-state index in [0.29, 0.717) is 13.0 Å². The number of carbonyl (C=O) groups excluding carboxylic acids is 1. The van der Waals surface area contributed by atoms with Crippen molar-refractivity contribution < 1.29 is 9.63 Å². The maximum Gasteiger partial charge on any atom is 0.260 e. The molecule has 2 rings (SSSR count). The highest BCUT2D eigenvalue weighted by Gasteiger charge is 2.13. The van der Waals surface area contributed by atoms with Crippen molar-refractivity contribution in [1.82, 2.24) is 5.48 Å². The lowest BCUT2D eigenvalue weighted by Crippen LogP contribution is -2.41. The Morgan fingerprint density at radius 3 is 2.15 bits per heavy atom. The maximum absolute atomic E-state index is 11.8. The van der Waals surface area contributed by atoms with Crippen LogP contribution >= 0.6 is 0 Å². The van der Waals surface area contributed by atoms with Gasteiger partial charge in [-0.1, -0.05) is 60.7 Å². The van der Waals surface area contributed by atoms with E-state index in [4.69, 9.17) is 10.6 Å². The van der Waals surface area contributed by atoms with Crippen LogP contribution in [0.15, 0.2) is 60.7 Å². The summed E-state index contributed by atoms with van der Waals surface area (Å²) in [6, 6.07) is 18.7. The molecule has 3 N–H and O–H groups in total. The highest BCUT2D eigenvalue weighted by Crippen LogP contribution is 2.02. The zero-order valence-electron chi connectivity index (χ0n) is 11.2. The van der Waals surface area contributed by atoms with E-state index in [1.807, 2.05) is 60.7 Å². The van der Waals surface area contributed by atoms with Crippen LogP contribution in [0.3, 0.4) is 0 Å². The molecule has 0 aromatic heterocycles. The maximum atomic E-state index is 11.8. The third-order valence-electron chi connectivity index (χ3n) is 2.89. The summed E-state index contributed by atoms with van der Waals surface area (Å²) in [6.45, 7) is 0.324. The van der Waals surface area contributed by atoms with E-state index in [1.165, 1.54) is 0 Å². The fraction of sp³-hybridized carbons (Fsp3) is 0.188. The van der Waals surface area contributed by atoms with Gasteiger partial charge in [0.2, 0.25) is 0 Å². The van der Waals surface area contributed by atoms with Gasteiger partial charge in [-0.15, -0.1) is 0 Å². The molecule has 0 radical (unpaired) electrons. The van der Waals surface area contributed by atoms with Gasteiger partial charge >= 0.3 is 0 Å². The number of hydrogen-bond acceptors (Lipinski definition) is 3. The number of nitrogens with one attached hydrogen (secondary N) is 1.